The number of halogens is 1. The van der Waals surface area contributed by atoms with Gasteiger partial charge in [0.2, 0.25) is 5.95 Å². The second-order valence-corrected chi connectivity index (χ2v) is 4.68. The average molecular weight is 284 g/mol. The fraction of sp³-hybridized carbons (Fsp3) is 0.0714. The summed E-state index contributed by atoms with van der Waals surface area (Å²) >= 11 is 5.89. The highest BCUT2D eigenvalue weighted by atomic mass is 35.5. The Balaban J connectivity index is 1.74. The molecule has 0 aliphatic carbocycles. The first-order chi connectivity index (χ1) is 9.74. The van der Waals surface area contributed by atoms with Gasteiger partial charge in [-0.15, -0.1) is 5.10 Å². The zero-order valence-corrected chi connectivity index (χ0v) is 11.2. The standard InChI is InChI=1S/C14H10ClN5/c15-12-5-6-13-18-14(19-20(13)9-12)17-8-11-3-1-10(7-16)2-4-11/h1-6,9H,8H2,(H,17,19). The third-order valence-electron chi connectivity index (χ3n) is 2.83. The van der Waals surface area contributed by atoms with Crippen LogP contribution in [0.4, 0.5) is 5.95 Å². The summed E-state index contributed by atoms with van der Waals surface area (Å²) in [7, 11) is 0. The van der Waals surface area contributed by atoms with E-state index in [2.05, 4.69) is 21.5 Å². The van der Waals surface area contributed by atoms with Gasteiger partial charge < -0.3 is 5.32 Å². The van der Waals surface area contributed by atoms with Crippen molar-refractivity contribution in [3.63, 3.8) is 0 Å². The van der Waals surface area contributed by atoms with Crippen molar-refractivity contribution in [2.75, 3.05) is 5.32 Å². The van der Waals surface area contributed by atoms with Crippen LogP contribution in [0.5, 0.6) is 0 Å². The lowest BCUT2D eigenvalue weighted by Gasteiger charge is -2.01. The van der Waals surface area contributed by atoms with Crippen molar-refractivity contribution in [1.82, 2.24) is 14.6 Å². The van der Waals surface area contributed by atoms with Crippen molar-refractivity contribution in [1.29, 1.82) is 5.26 Å². The topological polar surface area (TPSA) is 66.0 Å². The molecule has 0 radical (unpaired) electrons. The molecule has 20 heavy (non-hydrogen) atoms. The van der Waals surface area contributed by atoms with Crippen LogP contribution in [-0.2, 0) is 6.54 Å². The van der Waals surface area contributed by atoms with Crippen molar-refractivity contribution in [3.8, 4) is 6.07 Å². The van der Waals surface area contributed by atoms with E-state index in [1.807, 2.05) is 18.2 Å². The SMILES string of the molecule is N#Cc1ccc(CNc2nc3ccc(Cl)cn3n2)cc1. The van der Waals surface area contributed by atoms with Crippen LogP contribution in [0, 0.1) is 11.3 Å². The maximum Gasteiger partial charge on any atom is 0.243 e. The minimum absolute atomic E-state index is 0.539. The molecule has 3 aromatic rings. The van der Waals surface area contributed by atoms with Crippen LogP contribution in [0.1, 0.15) is 11.1 Å². The lowest BCUT2D eigenvalue weighted by molar-refractivity contribution is 0.950. The van der Waals surface area contributed by atoms with Gasteiger partial charge in [0.25, 0.3) is 0 Å². The number of benzene rings is 1. The molecule has 3 rings (SSSR count). The Bertz CT molecular complexity index is 785. The van der Waals surface area contributed by atoms with Crippen molar-refractivity contribution >= 4 is 23.2 Å². The number of hydrogen-bond acceptors (Lipinski definition) is 4. The molecule has 0 aliphatic rings. The maximum absolute atomic E-state index is 8.74. The number of nitrogens with one attached hydrogen (secondary N) is 1. The molecule has 6 heteroatoms. The van der Waals surface area contributed by atoms with Gasteiger partial charge in [0.05, 0.1) is 16.7 Å². The zero-order chi connectivity index (χ0) is 13.9. The highest BCUT2D eigenvalue weighted by Crippen LogP contribution is 2.12. The van der Waals surface area contributed by atoms with Gasteiger partial charge in [-0.05, 0) is 29.8 Å². The molecule has 0 aliphatic heterocycles. The summed E-state index contributed by atoms with van der Waals surface area (Å²) in [6.45, 7) is 0.594. The Kier molecular flexibility index (Phi) is 3.23. The molecule has 0 saturated carbocycles. The average Bonchev–Trinajstić information content (AvgIpc) is 2.87. The third-order valence-corrected chi connectivity index (χ3v) is 3.05. The van der Waals surface area contributed by atoms with Gasteiger partial charge in [-0.3, -0.25) is 0 Å². The Hall–Kier alpha value is -2.58. The molecule has 1 aromatic carbocycles. The molecule has 5 nitrogen and oxygen atoms in total. The summed E-state index contributed by atoms with van der Waals surface area (Å²) in [4.78, 5) is 4.33. The van der Waals surface area contributed by atoms with E-state index >= 15 is 0 Å². The van der Waals surface area contributed by atoms with Gasteiger partial charge in [-0.1, -0.05) is 23.7 Å². The zero-order valence-electron chi connectivity index (χ0n) is 10.4. The summed E-state index contributed by atoms with van der Waals surface area (Å²) in [6.07, 6.45) is 1.71. The monoisotopic (exact) mass is 283 g/mol. The Morgan fingerprint density at radius 2 is 2.00 bits per heavy atom. The van der Waals surface area contributed by atoms with E-state index in [0.29, 0.717) is 23.1 Å². The van der Waals surface area contributed by atoms with Crippen LogP contribution < -0.4 is 5.32 Å². The van der Waals surface area contributed by atoms with Gasteiger partial charge in [-0.25, -0.2) is 4.52 Å². The van der Waals surface area contributed by atoms with Crippen LogP contribution in [0.3, 0.4) is 0 Å². The first-order valence-electron chi connectivity index (χ1n) is 5.99. The molecular formula is C14H10ClN5. The fourth-order valence-corrected chi connectivity index (χ4v) is 1.97. The fourth-order valence-electron chi connectivity index (χ4n) is 1.81. The number of fused-ring (bicyclic) bond motifs is 1. The van der Waals surface area contributed by atoms with Crippen LogP contribution in [0.2, 0.25) is 5.02 Å². The van der Waals surface area contributed by atoms with Gasteiger partial charge in [0.1, 0.15) is 0 Å². The van der Waals surface area contributed by atoms with Crippen molar-refractivity contribution in [3.05, 3.63) is 58.7 Å². The molecule has 1 N–H and O–H groups in total. The van der Waals surface area contributed by atoms with Crippen LogP contribution in [0.15, 0.2) is 42.6 Å². The number of rotatable bonds is 3. The number of nitrogens with zero attached hydrogens (tertiary/aromatic N) is 4. The number of pyridine rings is 1. The van der Waals surface area contributed by atoms with Gasteiger partial charge in [-0.2, -0.15) is 10.2 Å². The minimum Gasteiger partial charge on any atom is -0.349 e. The van der Waals surface area contributed by atoms with Gasteiger partial charge in [0, 0.05) is 12.7 Å². The number of anilines is 1. The Morgan fingerprint density at radius 3 is 2.75 bits per heavy atom. The molecule has 2 aromatic heterocycles. The molecule has 2 heterocycles. The second-order valence-electron chi connectivity index (χ2n) is 4.25. The highest BCUT2D eigenvalue weighted by molar-refractivity contribution is 6.30. The molecule has 0 fully saturated rings. The van der Waals surface area contributed by atoms with E-state index in [1.165, 1.54) is 0 Å². The number of nitriles is 1. The largest absolute Gasteiger partial charge is 0.349 e. The predicted molar refractivity (Wildman–Crippen MR) is 76.5 cm³/mol. The number of aromatic nitrogens is 3. The van der Waals surface area contributed by atoms with Crippen molar-refractivity contribution < 1.29 is 0 Å². The lowest BCUT2D eigenvalue weighted by atomic mass is 10.1. The Morgan fingerprint density at radius 1 is 1.20 bits per heavy atom. The van der Waals surface area contributed by atoms with E-state index in [9.17, 15) is 0 Å². The lowest BCUT2D eigenvalue weighted by Crippen LogP contribution is -2.01. The van der Waals surface area contributed by atoms with Gasteiger partial charge in [0.15, 0.2) is 5.65 Å². The summed E-state index contributed by atoms with van der Waals surface area (Å²) in [5, 5.41) is 16.8. The molecule has 0 atom stereocenters. The van der Waals surface area contributed by atoms with Gasteiger partial charge >= 0.3 is 0 Å². The molecule has 0 saturated heterocycles. The van der Waals surface area contributed by atoms with E-state index in [0.717, 1.165) is 11.2 Å². The van der Waals surface area contributed by atoms with E-state index in [-0.39, 0.29) is 0 Å². The molecule has 0 bridgehead atoms. The summed E-state index contributed by atoms with van der Waals surface area (Å²) in [5.41, 5.74) is 2.44. The van der Waals surface area contributed by atoms with Crippen LogP contribution >= 0.6 is 11.6 Å². The molecule has 98 valence electrons. The van der Waals surface area contributed by atoms with Crippen molar-refractivity contribution in [2.24, 2.45) is 0 Å². The third kappa shape index (κ3) is 2.56. The molecule has 0 amide bonds. The second kappa shape index (κ2) is 5.19. The van der Waals surface area contributed by atoms with Crippen LogP contribution in [-0.4, -0.2) is 14.6 Å². The highest BCUT2D eigenvalue weighted by Gasteiger charge is 2.03. The molecule has 0 spiro atoms. The molecular weight excluding hydrogens is 274 g/mol. The number of hydrogen-bond donors (Lipinski definition) is 1. The normalized spacial score (nSPS) is 10.4. The van der Waals surface area contributed by atoms with E-state index in [1.54, 1.807) is 28.9 Å². The quantitative estimate of drug-likeness (QED) is 0.803. The Labute approximate surface area is 120 Å². The summed E-state index contributed by atoms with van der Waals surface area (Å²) < 4.78 is 1.63. The summed E-state index contributed by atoms with van der Waals surface area (Å²) in [6, 6.07) is 13.0. The van der Waals surface area contributed by atoms with Crippen molar-refractivity contribution in [2.45, 2.75) is 6.54 Å². The van der Waals surface area contributed by atoms with E-state index < -0.39 is 0 Å². The first kappa shape index (κ1) is 12.5. The smallest absolute Gasteiger partial charge is 0.243 e. The predicted octanol–water partition coefficient (Wildman–Crippen LogP) is 2.87. The maximum atomic E-state index is 8.74. The first-order valence-corrected chi connectivity index (χ1v) is 6.37. The van der Waals surface area contributed by atoms with Crippen LogP contribution in [0.25, 0.3) is 5.65 Å². The molecule has 0 unspecified atom stereocenters. The summed E-state index contributed by atoms with van der Waals surface area (Å²) in [5.74, 6) is 0.539. The minimum atomic E-state index is 0.539. The van der Waals surface area contributed by atoms with E-state index in [4.69, 9.17) is 16.9 Å².